The summed E-state index contributed by atoms with van der Waals surface area (Å²) in [6.07, 6.45) is 5.80. The van der Waals surface area contributed by atoms with E-state index in [2.05, 4.69) is 10.8 Å². The lowest BCUT2D eigenvalue weighted by Crippen LogP contribution is -2.52. The number of rotatable bonds is 3. The molecular weight excluding hydrogens is 404 g/mol. The normalized spacial score (nSPS) is 32.4. The minimum absolute atomic E-state index is 0.0923. The van der Waals surface area contributed by atoms with Crippen molar-refractivity contribution in [2.45, 2.75) is 75.7 Å². The van der Waals surface area contributed by atoms with Crippen LogP contribution in [0.1, 0.15) is 56.9 Å². The lowest BCUT2D eigenvalue weighted by molar-refractivity contribution is -0.141. The van der Waals surface area contributed by atoms with E-state index in [1.165, 1.54) is 5.56 Å². The Hall–Kier alpha value is -1.64. The predicted octanol–water partition coefficient (Wildman–Crippen LogP) is 2.42. The van der Waals surface area contributed by atoms with Crippen molar-refractivity contribution in [3.63, 3.8) is 0 Å². The van der Waals surface area contributed by atoms with Crippen LogP contribution in [0.5, 0.6) is 5.75 Å². The second-order valence-electron chi connectivity index (χ2n) is 8.74. The van der Waals surface area contributed by atoms with Crippen LogP contribution in [0.4, 0.5) is 0 Å². The van der Waals surface area contributed by atoms with Gasteiger partial charge in [-0.05, 0) is 56.1 Å². The molecule has 7 nitrogen and oxygen atoms in total. The number of amides is 1. The Labute approximate surface area is 179 Å². The monoisotopic (exact) mass is 436 g/mol. The zero-order valence-electron chi connectivity index (χ0n) is 17.7. The molecule has 3 aliphatic heterocycles. The fraction of sp³-hybridized carbons (Fsp3) is 0.682. The highest BCUT2D eigenvalue weighted by Crippen LogP contribution is 2.39. The predicted molar refractivity (Wildman–Crippen MR) is 114 cm³/mol. The van der Waals surface area contributed by atoms with Gasteiger partial charge in [0.05, 0.1) is 25.0 Å². The second-order valence-corrected chi connectivity index (χ2v) is 10.5. The molecule has 2 fully saturated rings. The van der Waals surface area contributed by atoms with Crippen LogP contribution >= 0.6 is 0 Å². The molecule has 1 aromatic rings. The Bertz CT molecular complexity index is 866. The number of para-hydroxylation sites is 1. The average molecular weight is 437 g/mol. The van der Waals surface area contributed by atoms with Crippen molar-refractivity contribution >= 4 is 15.9 Å². The van der Waals surface area contributed by atoms with E-state index in [1.54, 1.807) is 4.90 Å². The topological polar surface area (TPSA) is 84.9 Å². The largest absolute Gasteiger partial charge is 0.480 e. The number of carbonyl (C=O) groups is 1. The van der Waals surface area contributed by atoms with Gasteiger partial charge in [-0.25, -0.2) is 13.1 Å². The summed E-state index contributed by atoms with van der Waals surface area (Å²) < 4.78 is 39.0. The van der Waals surface area contributed by atoms with Crippen molar-refractivity contribution in [3.05, 3.63) is 29.8 Å². The number of nitrogens with one attached hydrogen (secondary N) is 1. The maximum absolute atomic E-state index is 13.4. The van der Waals surface area contributed by atoms with Crippen LogP contribution in [-0.4, -0.2) is 62.9 Å². The third kappa shape index (κ3) is 4.65. The van der Waals surface area contributed by atoms with Crippen molar-refractivity contribution in [2.24, 2.45) is 0 Å². The molecule has 4 aliphatic rings. The van der Waals surface area contributed by atoms with E-state index in [0.717, 1.165) is 37.7 Å². The smallest absolute Gasteiger partial charge is 0.264 e. The number of fused-ring (bicyclic) bond motifs is 5. The van der Waals surface area contributed by atoms with Gasteiger partial charge in [-0.2, -0.15) is 0 Å². The van der Waals surface area contributed by atoms with Crippen molar-refractivity contribution in [3.8, 4) is 5.75 Å². The molecule has 8 heteroatoms. The van der Waals surface area contributed by atoms with Gasteiger partial charge in [0.25, 0.3) is 5.91 Å². The molecule has 0 spiro atoms. The Morgan fingerprint density at radius 2 is 1.87 bits per heavy atom. The van der Waals surface area contributed by atoms with Gasteiger partial charge in [-0.15, -0.1) is 0 Å². The quantitative estimate of drug-likeness (QED) is 0.787. The minimum atomic E-state index is -3.38. The molecule has 30 heavy (non-hydrogen) atoms. The van der Waals surface area contributed by atoms with Crippen molar-refractivity contribution < 1.29 is 22.7 Å². The Kier molecular flexibility index (Phi) is 6.36. The zero-order valence-corrected chi connectivity index (χ0v) is 18.6. The third-order valence-electron chi connectivity index (χ3n) is 6.65. The molecule has 2 unspecified atom stereocenters. The van der Waals surface area contributed by atoms with Crippen molar-refractivity contribution in [1.29, 1.82) is 0 Å². The molecule has 166 valence electrons. The number of carbonyl (C=O) groups excluding carboxylic acids is 1. The van der Waals surface area contributed by atoms with Gasteiger partial charge in [0.1, 0.15) is 5.75 Å². The summed E-state index contributed by atoms with van der Waals surface area (Å²) in [5.41, 5.74) is 1.18. The standard InChI is InChI=1S/C22H32N2O5S/c1-3-20-22(25)24-13-12-18(23-30(2,26)27)19(24)14-28-16-10-8-15(9-11-16)17-6-4-5-7-21(17)29-20/h4-7,15-16,18-20,23H,3,8-14H2,1-2H3/t15?,16?,18-,19?,20?/m0/s1. The van der Waals surface area contributed by atoms with E-state index < -0.39 is 16.1 Å². The maximum Gasteiger partial charge on any atom is 0.264 e. The van der Waals surface area contributed by atoms with E-state index in [1.807, 2.05) is 25.1 Å². The first kappa shape index (κ1) is 21.6. The Morgan fingerprint density at radius 3 is 2.57 bits per heavy atom. The summed E-state index contributed by atoms with van der Waals surface area (Å²) in [7, 11) is -3.38. The average Bonchev–Trinajstić information content (AvgIpc) is 3.11. The van der Waals surface area contributed by atoms with Crippen LogP contribution in [0.3, 0.4) is 0 Å². The minimum Gasteiger partial charge on any atom is -0.480 e. The summed E-state index contributed by atoms with van der Waals surface area (Å²) in [6.45, 7) is 2.79. The third-order valence-corrected chi connectivity index (χ3v) is 7.38. The molecule has 1 aliphatic carbocycles. The van der Waals surface area contributed by atoms with Crippen LogP contribution in [0.15, 0.2) is 24.3 Å². The number of hydrogen-bond acceptors (Lipinski definition) is 5. The molecule has 3 heterocycles. The molecule has 1 saturated heterocycles. The number of nitrogens with zero attached hydrogens (tertiary/aromatic N) is 1. The summed E-state index contributed by atoms with van der Waals surface area (Å²) in [6, 6.07) is 7.40. The van der Waals surface area contributed by atoms with Gasteiger partial charge in [-0.1, -0.05) is 25.1 Å². The maximum atomic E-state index is 13.4. The number of hydrogen-bond donors (Lipinski definition) is 1. The van der Waals surface area contributed by atoms with E-state index in [-0.39, 0.29) is 24.1 Å². The van der Waals surface area contributed by atoms with Gasteiger partial charge in [0.15, 0.2) is 6.10 Å². The molecule has 0 aromatic heterocycles. The van der Waals surface area contributed by atoms with Crippen LogP contribution in [-0.2, 0) is 19.6 Å². The van der Waals surface area contributed by atoms with Gasteiger partial charge < -0.3 is 14.4 Å². The van der Waals surface area contributed by atoms with Gasteiger partial charge in [0, 0.05) is 12.6 Å². The highest BCUT2D eigenvalue weighted by atomic mass is 32.2. The first-order valence-corrected chi connectivity index (χ1v) is 12.9. The van der Waals surface area contributed by atoms with Gasteiger partial charge in [-0.3, -0.25) is 4.79 Å². The molecule has 2 bridgehead atoms. The van der Waals surface area contributed by atoms with E-state index in [4.69, 9.17) is 9.47 Å². The first-order valence-electron chi connectivity index (χ1n) is 11.0. The van der Waals surface area contributed by atoms with E-state index >= 15 is 0 Å². The fourth-order valence-corrected chi connectivity index (χ4v) is 5.92. The summed E-state index contributed by atoms with van der Waals surface area (Å²) in [5.74, 6) is 1.11. The molecular formula is C22H32N2O5S. The molecule has 0 radical (unpaired) electrons. The van der Waals surface area contributed by atoms with Gasteiger partial charge in [0.2, 0.25) is 10.0 Å². The highest BCUT2D eigenvalue weighted by molar-refractivity contribution is 7.88. The molecule has 3 atom stereocenters. The first-order chi connectivity index (χ1) is 14.4. The number of benzene rings is 1. The molecule has 1 aromatic carbocycles. The molecule has 1 saturated carbocycles. The Balaban J connectivity index is 1.66. The lowest BCUT2D eigenvalue weighted by Gasteiger charge is -2.32. The SMILES string of the molecule is CCC1Oc2ccccc2C2CCC(CC2)OCC2[C@@H](NS(C)(=O)=O)CCN2C1=O. The molecule has 5 rings (SSSR count). The summed E-state index contributed by atoms with van der Waals surface area (Å²) >= 11 is 0. The molecule has 1 amide bonds. The van der Waals surface area contributed by atoms with Crippen LogP contribution in [0.2, 0.25) is 0 Å². The Morgan fingerprint density at radius 1 is 1.13 bits per heavy atom. The summed E-state index contributed by atoms with van der Waals surface area (Å²) in [4.78, 5) is 15.2. The fourth-order valence-electron chi connectivity index (χ4n) is 5.09. The van der Waals surface area contributed by atoms with E-state index in [9.17, 15) is 13.2 Å². The highest BCUT2D eigenvalue weighted by Gasteiger charge is 2.42. The van der Waals surface area contributed by atoms with Crippen LogP contribution in [0.25, 0.3) is 0 Å². The second kappa shape index (κ2) is 8.85. The molecule has 1 N–H and O–H groups in total. The number of sulfonamides is 1. The lowest BCUT2D eigenvalue weighted by atomic mass is 9.82. The van der Waals surface area contributed by atoms with Gasteiger partial charge >= 0.3 is 0 Å². The number of ether oxygens (including phenoxy) is 2. The zero-order chi connectivity index (χ0) is 21.3. The van der Waals surface area contributed by atoms with E-state index in [0.29, 0.717) is 31.9 Å². The van der Waals surface area contributed by atoms with Crippen molar-refractivity contribution in [1.82, 2.24) is 9.62 Å². The van der Waals surface area contributed by atoms with Crippen molar-refractivity contribution in [2.75, 3.05) is 19.4 Å². The van der Waals surface area contributed by atoms with Crippen LogP contribution < -0.4 is 9.46 Å². The van der Waals surface area contributed by atoms with Crippen LogP contribution in [0, 0.1) is 0 Å². The summed E-state index contributed by atoms with van der Waals surface area (Å²) in [5, 5.41) is 0.